The second kappa shape index (κ2) is 4.97. The molecule has 0 aromatic carbocycles. The Morgan fingerprint density at radius 3 is 2.89 bits per heavy atom. The van der Waals surface area contributed by atoms with Crippen LogP contribution in [0.5, 0.6) is 0 Å². The first-order chi connectivity index (χ1) is 8.83. The Balaban J connectivity index is 2.17. The van der Waals surface area contributed by atoms with Gasteiger partial charge in [0.1, 0.15) is 6.54 Å². The lowest BCUT2D eigenvalue weighted by Crippen LogP contribution is -2.52. The first-order valence-electron chi connectivity index (χ1n) is 5.38. The van der Waals surface area contributed by atoms with Gasteiger partial charge in [0.2, 0.25) is 5.72 Å². The number of halogens is 3. The van der Waals surface area contributed by atoms with Gasteiger partial charge in [-0.25, -0.2) is 8.78 Å². The Bertz CT molecular complexity index is 533. The third-order valence-electron chi connectivity index (χ3n) is 2.64. The molecule has 2 heterocycles. The van der Waals surface area contributed by atoms with E-state index < -0.39 is 18.1 Å². The van der Waals surface area contributed by atoms with E-state index in [1.165, 1.54) is 24.0 Å². The van der Waals surface area contributed by atoms with E-state index in [0.29, 0.717) is 9.48 Å². The van der Waals surface area contributed by atoms with Crippen LogP contribution in [-0.4, -0.2) is 43.7 Å². The molecule has 0 saturated heterocycles. The SMILES string of the molecule is CC1=NN(C(=O)Cn2cc(Br)cn2)[C@@](O)(C(F)F)C1. The van der Waals surface area contributed by atoms with Crippen molar-refractivity contribution >= 4 is 27.5 Å². The smallest absolute Gasteiger partial charge is 0.287 e. The lowest BCUT2D eigenvalue weighted by atomic mass is 10.1. The molecule has 0 bridgehead atoms. The highest BCUT2D eigenvalue weighted by Gasteiger charge is 2.50. The van der Waals surface area contributed by atoms with Gasteiger partial charge in [-0.2, -0.15) is 15.2 Å². The van der Waals surface area contributed by atoms with Crippen LogP contribution in [0.1, 0.15) is 13.3 Å². The first kappa shape index (κ1) is 14.1. The fourth-order valence-electron chi connectivity index (χ4n) is 1.82. The lowest BCUT2D eigenvalue weighted by molar-refractivity contribution is -0.192. The predicted octanol–water partition coefficient (Wildman–Crippen LogP) is 1.21. The number of rotatable bonds is 3. The molecule has 6 nitrogen and oxygen atoms in total. The topological polar surface area (TPSA) is 70.7 Å². The zero-order valence-corrected chi connectivity index (χ0v) is 11.5. The summed E-state index contributed by atoms with van der Waals surface area (Å²) in [5, 5.41) is 17.8. The van der Waals surface area contributed by atoms with Crippen LogP contribution >= 0.6 is 15.9 Å². The van der Waals surface area contributed by atoms with Crippen LogP contribution in [-0.2, 0) is 11.3 Å². The molecule has 1 amide bonds. The van der Waals surface area contributed by atoms with Crippen LogP contribution in [0.25, 0.3) is 0 Å². The summed E-state index contributed by atoms with van der Waals surface area (Å²) in [5.74, 6) is -0.754. The van der Waals surface area contributed by atoms with Crippen molar-refractivity contribution in [3.63, 3.8) is 0 Å². The molecule has 0 spiro atoms. The molecular weight excluding hydrogens is 326 g/mol. The second-order valence-electron chi connectivity index (χ2n) is 4.25. The number of hydrazone groups is 1. The average molecular weight is 337 g/mol. The van der Waals surface area contributed by atoms with E-state index >= 15 is 0 Å². The molecule has 1 aromatic rings. The molecule has 0 radical (unpaired) electrons. The summed E-state index contributed by atoms with van der Waals surface area (Å²) >= 11 is 3.16. The normalized spacial score (nSPS) is 23.1. The third kappa shape index (κ3) is 2.66. The summed E-state index contributed by atoms with van der Waals surface area (Å²) in [5.41, 5.74) is -2.29. The number of alkyl halides is 2. The zero-order chi connectivity index (χ0) is 14.2. The van der Waals surface area contributed by atoms with Gasteiger partial charge in [0, 0.05) is 18.3 Å². The van der Waals surface area contributed by atoms with Gasteiger partial charge < -0.3 is 5.11 Å². The van der Waals surface area contributed by atoms with E-state index in [-0.39, 0.29) is 18.7 Å². The quantitative estimate of drug-likeness (QED) is 0.901. The highest BCUT2D eigenvalue weighted by atomic mass is 79.9. The van der Waals surface area contributed by atoms with Crippen LogP contribution in [0.3, 0.4) is 0 Å². The van der Waals surface area contributed by atoms with Gasteiger partial charge in [0.05, 0.1) is 10.7 Å². The van der Waals surface area contributed by atoms with Crippen LogP contribution < -0.4 is 0 Å². The Morgan fingerprint density at radius 1 is 1.68 bits per heavy atom. The fraction of sp³-hybridized carbons (Fsp3) is 0.500. The summed E-state index contributed by atoms with van der Waals surface area (Å²) in [7, 11) is 0. The van der Waals surface area contributed by atoms with Crippen molar-refractivity contribution in [2.45, 2.75) is 32.0 Å². The highest BCUT2D eigenvalue weighted by molar-refractivity contribution is 9.10. The van der Waals surface area contributed by atoms with E-state index in [1.54, 1.807) is 0 Å². The van der Waals surface area contributed by atoms with Crippen LogP contribution in [0.2, 0.25) is 0 Å². The van der Waals surface area contributed by atoms with Crippen molar-refractivity contribution < 1.29 is 18.7 Å². The third-order valence-corrected chi connectivity index (χ3v) is 3.05. The highest BCUT2D eigenvalue weighted by Crippen LogP contribution is 2.31. The summed E-state index contributed by atoms with van der Waals surface area (Å²) < 4.78 is 27.7. The second-order valence-corrected chi connectivity index (χ2v) is 5.17. The van der Waals surface area contributed by atoms with E-state index in [4.69, 9.17) is 0 Å². The first-order valence-corrected chi connectivity index (χ1v) is 6.18. The number of carbonyl (C=O) groups is 1. The van der Waals surface area contributed by atoms with E-state index in [9.17, 15) is 18.7 Å². The van der Waals surface area contributed by atoms with Gasteiger partial charge >= 0.3 is 0 Å². The van der Waals surface area contributed by atoms with Gasteiger partial charge in [0.15, 0.2) is 0 Å². The summed E-state index contributed by atoms with van der Waals surface area (Å²) in [4.78, 5) is 11.9. The summed E-state index contributed by atoms with van der Waals surface area (Å²) in [6.45, 7) is 1.20. The lowest BCUT2D eigenvalue weighted by Gasteiger charge is -2.29. The molecule has 9 heteroatoms. The molecule has 1 aliphatic heterocycles. The minimum atomic E-state index is -3.10. The molecule has 19 heavy (non-hydrogen) atoms. The minimum absolute atomic E-state index is 0.276. The molecule has 0 aliphatic carbocycles. The van der Waals surface area contributed by atoms with Gasteiger partial charge in [-0.15, -0.1) is 0 Å². The molecule has 2 rings (SSSR count). The van der Waals surface area contributed by atoms with Gasteiger partial charge in [-0.05, 0) is 22.9 Å². The van der Waals surface area contributed by atoms with E-state index in [2.05, 4.69) is 26.1 Å². The number of hydrogen-bond acceptors (Lipinski definition) is 4. The largest absolute Gasteiger partial charge is 0.364 e. The van der Waals surface area contributed by atoms with E-state index in [0.717, 1.165) is 0 Å². The monoisotopic (exact) mass is 336 g/mol. The number of aromatic nitrogens is 2. The summed E-state index contributed by atoms with van der Waals surface area (Å²) in [6, 6.07) is 0. The standard InChI is InChI=1S/C10H11BrF2N4O2/c1-6-2-10(19,9(12)13)17(15-6)8(18)5-16-4-7(11)3-14-16/h3-4,9,19H,2,5H2,1H3/t10-/m0/s1. The van der Waals surface area contributed by atoms with Crippen molar-refractivity contribution in [3.05, 3.63) is 16.9 Å². The summed E-state index contributed by atoms with van der Waals surface area (Å²) in [6.07, 6.45) is -0.474. The number of aliphatic hydroxyl groups is 1. The average Bonchev–Trinajstić information content (AvgIpc) is 2.83. The zero-order valence-electron chi connectivity index (χ0n) is 9.92. The maximum Gasteiger partial charge on any atom is 0.287 e. The molecule has 0 saturated carbocycles. The predicted molar refractivity (Wildman–Crippen MR) is 65.5 cm³/mol. The Hall–Kier alpha value is -1.35. The molecular formula is C10H11BrF2N4O2. The maximum atomic E-state index is 12.9. The molecule has 1 aliphatic rings. The van der Waals surface area contributed by atoms with E-state index in [1.807, 2.05) is 0 Å². The van der Waals surface area contributed by atoms with Crippen molar-refractivity contribution in [2.24, 2.45) is 5.10 Å². The minimum Gasteiger partial charge on any atom is -0.364 e. The number of hydrogen-bond donors (Lipinski definition) is 1. The Kier molecular flexibility index (Phi) is 3.68. The van der Waals surface area contributed by atoms with Gasteiger partial charge in [-0.3, -0.25) is 9.48 Å². The molecule has 1 atom stereocenters. The molecule has 1 aromatic heterocycles. The molecule has 0 unspecified atom stereocenters. The molecule has 104 valence electrons. The van der Waals surface area contributed by atoms with Crippen molar-refractivity contribution in [3.8, 4) is 0 Å². The fourth-order valence-corrected chi connectivity index (χ4v) is 2.14. The van der Waals surface area contributed by atoms with Crippen LogP contribution in [0.4, 0.5) is 8.78 Å². The molecule has 0 fully saturated rings. The van der Waals surface area contributed by atoms with Crippen LogP contribution in [0, 0.1) is 0 Å². The van der Waals surface area contributed by atoms with Crippen molar-refractivity contribution in [1.29, 1.82) is 0 Å². The van der Waals surface area contributed by atoms with Crippen LogP contribution in [0.15, 0.2) is 22.0 Å². The number of carbonyl (C=O) groups excluding carboxylic acids is 1. The van der Waals surface area contributed by atoms with Crippen molar-refractivity contribution in [2.75, 3.05) is 0 Å². The molecule has 1 N–H and O–H groups in total. The number of nitrogens with zero attached hydrogens (tertiary/aromatic N) is 4. The van der Waals surface area contributed by atoms with Crippen molar-refractivity contribution in [1.82, 2.24) is 14.8 Å². The number of amides is 1. The Morgan fingerprint density at radius 2 is 2.37 bits per heavy atom. The van der Waals surface area contributed by atoms with Gasteiger partial charge in [0.25, 0.3) is 12.3 Å². The maximum absolute atomic E-state index is 12.9. The Labute approximate surface area is 115 Å². The van der Waals surface area contributed by atoms with Gasteiger partial charge in [-0.1, -0.05) is 0 Å².